The number of piperidine rings is 1. The topological polar surface area (TPSA) is 32.3 Å². The first-order valence-electron chi connectivity index (χ1n) is 9.44. The Kier molecular flexibility index (Phi) is 5.42. The summed E-state index contributed by atoms with van der Waals surface area (Å²) in [5.41, 5.74) is 1.98. The van der Waals surface area contributed by atoms with E-state index < -0.39 is 0 Å². The van der Waals surface area contributed by atoms with Crippen LogP contribution in [-0.2, 0) is 11.3 Å². The van der Waals surface area contributed by atoms with Crippen molar-refractivity contribution in [2.24, 2.45) is 5.92 Å². The number of carbonyl (C=O) groups excluding carboxylic acids is 1. The maximum Gasteiger partial charge on any atom is 0.228 e. The minimum atomic E-state index is 0.00714. The first kappa shape index (κ1) is 18.0. The predicted octanol–water partition coefficient (Wildman–Crippen LogP) is 5.34. The van der Waals surface area contributed by atoms with Crippen LogP contribution in [0.1, 0.15) is 18.4 Å². The van der Waals surface area contributed by atoms with Gasteiger partial charge in [0, 0.05) is 23.8 Å². The van der Waals surface area contributed by atoms with E-state index >= 15 is 0 Å². The zero-order valence-electron chi connectivity index (χ0n) is 15.2. The lowest BCUT2D eigenvalue weighted by Crippen LogP contribution is -2.40. The molecule has 27 heavy (non-hydrogen) atoms. The van der Waals surface area contributed by atoms with Crippen molar-refractivity contribution in [2.45, 2.75) is 19.4 Å². The third-order valence-electron chi connectivity index (χ3n) is 5.25. The molecule has 1 amide bonds. The van der Waals surface area contributed by atoms with Crippen LogP contribution in [0.15, 0.2) is 66.7 Å². The number of benzene rings is 3. The van der Waals surface area contributed by atoms with Gasteiger partial charge in [0.1, 0.15) is 0 Å². The maximum absolute atomic E-state index is 12.8. The van der Waals surface area contributed by atoms with Gasteiger partial charge in [0.2, 0.25) is 5.91 Å². The summed E-state index contributed by atoms with van der Waals surface area (Å²) in [4.78, 5) is 15.1. The Labute approximate surface area is 164 Å². The zero-order valence-corrected chi connectivity index (χ0v) is 16.0. The maximum atomic E-state index is 12.8. The van der Waals surface area contributed by atoms with Crippen LogP contribution in [0.5, 0.6) is 0 Å². The summed E-state index contributed by atoms with van der Waals surface area (Å²) in [5, 5.41) is 6.22. The number of anilines is 1. The third-order valence-corrected chi connectivity index (χ3v) is 5.61. The van der Waals surface area contributed by atoms with Crippen LogP contribution in [0, 0.1) is 5.92 Å². The molecule has 1 aliphatic heterocycles. The molecule has 4 rings (SSSR count). The van der Waals surface area contributed by atoms with Gasteiger partial charge < -0.3 is 5.32 Å². The molecule has 0 aliphatic carbocycles. The van der Waals surface area contributed by atoms with Gasteiger partial charge in [-0.2, -0.15) is 0 Å². The first-order valence-corrected chi connectivity index (χ1v) is 9.82. The number of hydrogen-bond acceptors (Lipinski definition) is 2. The molecule has 0 saturated carbocycles. The molecule has 138 valence electrons. The number of nitrogens with zero attached hydrogens (tertiary/aromatic N) is 1. The Bertz CT molecular complexity index is 956. The Balaban J connectivity index is 1.41. The number of hydrogen-bond donors (Lipinski definition) is 1. The van der Waals surface area contributed by atoms with Gasteiger partial charge in [-0.25, -0.2) is 0 Å². The second-order valence-electron chi connectivity index (χ2n) is 7.22. The molecule has 0 aromatic heterocycles. The summed E-state index contributed by atoms with van der Waals surface area (Å²) in [6.45, 7) is 2.56. The van der Waals surface area contributed by atoms with E-state index in [0.29, 0.717) is 0 Å². The van der Waals surface area contributed by atoms with E-state index in [1.54, 1.807) is 0 Å². The molecule has 0 radical (unpaired) electrons. The van der Waals surface area contributed by atoms with Gasteiger partial charge in [0.25, 0.3) is 0 Å². The Morgan fingerprint density at radius 2 is 1.81 bits per heavy atom. The molecule has 3 aromatic carbocycles. The summed E-state index contributed by atoms with van der Waals surface area (Å²) in [6.07, 6.45) is 1.96. The highest BCUT2D eigenvalue weighted by molar-refractivity contribution is 6.31. The Hall–Kier alpha value is -2.36. The summed E-state index contributed by atoms with van der Waals surface area (Å²) >= 11 is 6.29. The van der Waals surface area contributed by atoms with Crippen molar-refractivity contribution in [1.29, 1.82) is 0 Å². The van der Waals surface area contributed by atoms with E-state index in [2.05, 4.69) is 34.5 Å². The molecule has 0 spiro atoms. The number of nitrogens with one attached hydrogen (secondary N) is 1. The van der Waals surface area contributed by atoms with E-state index in [-0.39, 0.29) is 11.8 Å². The highest BCUT2D eigenvalue weighted by atomic mass is 35.5. The van der Waals surface area contributed by atoms with E-state index in [9.17, 15) is 4.79 Å². The van der Waals surface area contributed by atoms with E-state index in [1.807, 2.05) is 42.5 Å². The van der Waals surface area contributed by atoms with Crippen LogP contribution in [0.25, 0.3) is 10.8 Å². The molecule has 4 heteroatoms. The molecule has 1 unspecified atom stereocenters. The van der Waals surface area contributed by atoms with Crippen LogP contribution in [0.2, 0.25) is 5.02 Å². The van der Waals surface area contributed by atoms with Gasteiger partial charge in [-0.3, -0.25) is 9.69 Å². The monoisotopic (exact) mass is 378 g/mol. The van der Waals surface area contributed by atoms with E-state index in [4.69, 9.17) is 11.6 Å². The third kappa shape index (κ3) is 4.32. The Morgan fingerprint density at radius 3 is 2.67 bits per heavy atom. The van der Waals surface area contributed by atoms with Crippen molar-refractivity contribution >= 4 is 34.0 Å². The first-order chi connectivity index (χ1) is 13.2. The van der Waals surface area contributed by atoms with Crippen molar-refractivity contribution in [3.05, 3.63) is 77.3 Å². The summed E-state index contributed by atoms with van der Waals surface area (Å²) in [7, 11) is 0. The lowest BCUT2D eigenvalue weighted by Gasteiger charge is -2.32. The summed E-state index contributed by atoms with van der Waals surface area (Å²) < 4.78 is 0. The van der Waals surface area contributed by atoms with Gasteiger partial charge in [-0.1, -0.05) is 60.1 Å². The average Bonchev–Trinajstić information content (AvgIpc) is 2.70. The normalized spacial score (nSPS) is 17.7. The molecule has 1 saturated heterocycles. The number of amides is 1. The average molecular weight is 379 g/mol. The van der Waals surface area contributed by atoms with Gasteiger partial charge in [-0.15, -0.1) is 0 Å². The van der Waals surface area contributed by atoms with Crippen LogP contribution in [0.4, 0.5) is 5.69 Å². The van der Waals surface area contributed by atoms with Crippen molar-refractivity contribution in [3.63, 3.8) is 0 Å². The highest BCUT2D eigenvalue weighted by Crippen LogP contribution is 2.24. The zero-order chi connectivity index (χ0) is 18.6. The lowest BCUT2D eigenvalue weighted by atomic mass is 9.96. The molecule has 1 heterocycles. The minimum Gasteiger partial charge on any atom is -0.326 e. The highest BCUT2D eigenvalue weighted by Gasteiger charge is 2.26. The van der Waals surface area contributed by atoms with Crippen molar-refractivity contribution in [1.82, 2.24) is 4.90 Å². The molecule has 1 N–H and O–H groups in total. The molecule has 1 atom stereocenters. The van der Waals surface area contributed by atoms with Gasteiger partial charge in [0.05, 0.1) is 5.92 Å². The molecule has 1 fully saturated rings. The van der Waals surface area contributed by atoms with Crippen LogP contribution >= 0.6 is 11.6 Å². The molecular formula is C23H23ClN2O. The van der Waals surface area contributed by atoms with Crippen LogP contribution < -0.4 is 5.32 Å². The van der Waals surface area contributed by atoms with Crippen LogP contribution in [0.3, 0.4) is 0 Å². The number of likely N-dealkylation sites (tertiary alicyclic amines) is 1. The second-order valence-corrected chi connectivity index (χ2v) is 7.62. The van der Waals surface area contributed by atoms with Crippen molar-refractivity contribution in [2.75, 3.05) is 18.4 Å². The van der Waals surface area contributed by atoms with Gasteiger partial charge in [0.15, 0.2) is 0 Å². The largest absolute Gasteiger partial charge is 0.326 e. The number of halogens is 1. The fourth-order valence-corrected chi connectivity index (χ4v) is 3.99. The van der Waals surface area contributed by atoms with Crippen molar-refractivity contribution in [3.8, 4) is 0 Å². The van der Waals surface area contributed by atoms with E-state index in [1.165, 1.54) is 5.39 Å². The smallest absolute Gasteiger partial charge is 0.228 e. The molecule has 3 nitrogen and oxygen atoms in total. The molecule has 0 bridgehead atoms. The van der Waals surface area contributed by atoms with Crippen molar-refractivity contribution < 1.29 is 4.79 Å². The summed E-state index contributed by atoms with van der Waals surface area (Å²) in [5.74, 6) is 0.113. The summed E-state index contributed by atoms with van der Waals surface area (Å²) in [6, 6.07) is 22.2. The standard InChI is InChI=1S/C23H23ClN2O/c24-22-10-4-3-8-19(22)15-26-13-5-9-20(16-26)23(27)25-21-12-11-17-6-1-2-7-18(17)14-21/h1-4,6-8,10-12,14,20H,5,9,13,15-16H2,(H,25,27). The minimum absolute atomic E-state index is 0.00714. The molecular weight excluding hydrogens is 356 g/mol. The van der Waals surface area contributed by atoms with E-state index in [0.717, 1.165) is 54.1 Å². The number of carbonyl (C=O) groups is 1. The Morgan fingerprint density at radius 1 is 1.04 bits per heavy atom. The fourth-order valence-electron chi connectivity index (χ4n) is 3.79. The van der Waals surface area contributed by atoms with Gasteiger partial charge >= 0.3 is 0 Å². The predicted molar refractivity (Wildman–Crippen MR) is 112 cm³/mol. The molecule has 1 aliphatic rings. The van der Waals surface area contributed by atoms with Gasteiger partial charge in [-0.05, 0) is 53.9 Å². The number of rotatable bonds is 4. The number of fused-ring (bicyclic) bond motifs is 1. The van der Waals surface area contributed by atoms with Crippen LogP contribution in [-0.4, -0.2) is 23.9 Å². The molecule has 3 aromatic rings. The fraction of sp³-hybridized carbons (Fsp3) is 0.261. The SMILES string of the molecule is O=C(Nc1ccc2ccccc2c1)C1CCCN(Cc2ccccc2Cl)C1. The lowest BCUT2D eigenvalue weighted by molar-refractivity contribution is -0.121. The quantitative estimate of drug-likeness (QED) is 0.664. The second kappa shape index (κ2) is 8.12.